The van der Waals surface area contributed by atoms with Gasteiger partial charge in [-0.15, -0.1) is 11.6 Å². The summed E-state index contributed by atoms with van der Waals surface area (Å²) < 4.78 is 28.7. The van der Waals surface area contributed by atoms with Crippen molar-refractivity contribution in [2.45, 2.75) is 12.3 Å². The zero-order chi connectivity index (χ0) is 14.2. The third kappa shape index (κ3) is 3.36. The minimum atomic E-state index is -0.673. The Morgan fingerprint density at radius 3 is 2.11 bits per heavy atom. The highest BCUT2D eigenvalue weighted by atomic mass is 79.9. The SMILES string of the molecule is Cc1cc(C(Cl)c2cc(Br)cc(Br)c2)c(F)cc1F. The van der Waals surface area contributed by atoms with Gasteiger partial charge < -0.3 is 0 Å². The summed E-state index contributed by atoms with van der Waals surface area (Å²) in [5.74, 6) is -1.21. The normalized spacial score (nSPS) is 12.5. The van der Waals surface area contributed by atoms with Crippen molar-refractivity contribution < 1.29 is 8.78 Å². The van der Waals surface area contributed by atoms with E-state index in [4.69, 9.17) is 11.6 Å². The molecule has 0 radical (unpaired) electrons. The Labute approximate surface area is 132 Å². The van der Waals surface area contributed by atoms with E-state index in [1.165, 1.54) is 6.07 Å². The zero-order valence-corrected chi connectivity index (χ0v) is 13.8. The van der Waals surface area contributed by atoms with Gasteiger partial charge in [0.1, 0.15) is 11.6 Å². The second-order valence-corrected chi connectivity index (χ2v) is 6.46. The number of hydrogen-bond donors (Lipinski definition) is 0. The van der Waals surface area contributed by atoms with E-state index in [2.05, 4.69) is 31.9 Å². The minimum Gasteiger partial charge on any atom is -0.207 e. The van der Waals surface area contributed by atoms with Gasteiger partial charge in [0, 0.05) is 20.6 Å². The molecule has 2 aromatic rings. The Hall–Kier alpha value is -0.450. The summed E-state index contributed by atoms with van der Waals surface area (Å²) in [6.07, 6.45) is 0. The van der Waals surface area contributed by atoms with E-state index in [0.29, 0.717) is 5.56 Å². The fourth-order valence-electron chi connectivity index (χ4n) is 1.77. The van der Waals surface area contributed by atoms with Crippen LogP contribution in [0.3, 0.4) is 0 Å². The lowest BCUT2D eigenvalue weighted by molar-refractivity contribution is 0.568. The molecule has 0 heterocycles. The van der Waals surface area contributed by atoms with Crippen LogP contribution in [0.25, 0.3) is 0 Å². The third-order valence-electron chi connectivity index (χ3n) is 2.73. The van der Waals surface area contributed by atoms with Gasteiger partial charge in [0.15, 0.2) is 0 Å². The van der Waals surface area contributed by atoms with Crippen LogP contribution >= 0.6 is 43.5 Å². The topological polar surface area (TPSA) is 0 Å². The van der Waals surface area contributed by atoms with E-state index in [1.54, 1.807) is 19.1 Å². The highest BCUT2D eigenvalue weighted by Gasteiger charge is 2.18. The Bertz CT molecular complexity index is 609. The van der Waals surface area contributed by atoms with Crippen LogP contribution in [0.15, 0.2) is 39.3 Å². The predicted molar refractivity (Wildman–Crippen MR) is 80.6 cm³/mol. The molecule has 0 spiro atoms. The highest BCUT2D eigenvalue weighted by Crippen LogP contribution is 2.34. The quantitative estimate of drug-likeness (QED) is 0.523. The lowest BCUT2D eigenvalue weighted by Crippen LogP contribution is -2.00. The Morgan fingerprint density at radius 2 is 1.53 bits per heavy atom. The molecule has 2 rings (SSSR count). The van der Waals surface area contributed by atoms with Gasteiger partial charge in [0.05, 0.1) is 5.38 Å². The molecule has 0 aliphatic carbocycles. The highest BCUT2D eigenvalue weighted by molar-refractivity contribution is 9.11. The van der Waals surface area contributed by atoms with Gasteiger partial charge in [-0.05, 0) is 42.3 Å². The van der Waals surface area contributed by atoms with Crippen molar-refractivity contribution in [1.29, 1.82) is 0 Å². The fraction of sp³-hybridized carbons (Fsp3) is 0.143. The molecule has 1 atom stereocenters. The molecular formula is C14H9Br2ClF2. The van der Waals surface area contributed by atoms with Crippen molar-refractivity contribution >= 4 is 43.5 Å². The van der Waals surface area contributed by atoms with Crippen molar-refractivity contribution in [3.63, 3.8) is 0 Å². The summed E-state index contributed by atoms with van der Waals surface area (Å²) in [4.78, 5) is 0. The maximum Gasteiger partial charge on any atom is 0.131 e. The molecular weight excluding hydrogens is 401 g/mol. The Morgan fingerprint density at radius 1 is 0.947 bits per heavy atom. The molecule has 0 aliphatic heterocycles. The standard InChI is InChI=1S/C14H9Br2ClF2/c1-7-2-11(13(19)6-12(7)18)14(17)8-3-9(15)5-10(16)4-8/h2-6,14H,1H3. The summed E-state index contributed by atoms with van der Waals surface area (Å²) in [5, 5.41) is -0.673. The van der Waals surface area contributed by atoms with E-state index >= 15 is 0 Å². The van der Waals surface area contributed by atoms with Gasteiger partial charge in [0.2, 0.25) is 0 Å². The molecule has 0 N–H and O–H groups in total. The number of hydrogen-bond acceptors (Lipinski definition) is 0. The van der Waals surface area contributed by atoms with Crippen molar-refractivity contribution in [3.8, 4) is 0 Å². The van der Waals surface area contributed by atoms with Crippen LogP contribution in [-0.4, -0.2) is 0 Å². The zero-order valence-electron chi connectivity index (χ0n) is 9.85. The molecule has 1 unspecified atom stereocenters. The van der Waals surface area contributed by atoms with Crippen molar-refractivity contribution in [3.05, 3.63) is 67.6 Å². The second kappa shape index (κ2) is 5.90. The number of benzene rings is 2. The fourth-order valence-corrected chi connectivity index (χ4v) is 3.40. The van der Waals surface area contributed by atoms with Crippen LogP contribution in [0.2, 0.25) is 0 Å². The van der Waals surface area contributed by atoms with Crippen molar-refractivity contribution in [1.82, 2.24) is 0 Å². The van der Waals surface area contributed by atoms with Crippen LogP contribution in [0, 0.1) is 18.6 Å². The smallest absolute Gasteiger partial charge is 0.131 e. The van der Waals surface area contributed by atoms with E-state index in [9.17, 15) is 8.78 Å². The number of alkyl halides is 1. The number of halogens is 5. The van der Waals surface area contributed by atoms with E-state index in [0.717, 1.165) is 20.6 Å². The maximum absolute atomic E-state index is 13.8. The average Bonchev–Trinajstić information content (AvgIpc) is 2.31. The van der Waals surface area contributed by atoms with Gasteiger partial charge in [-0.25, -0.2) is 8.78 Å². The first-order chi connectivity index (χ1) is 8.88. The Kier molecular flexibility index (Phi) is 4.64. The number of aryl methyl sites for hydroxylation is 1. The molecule has 0 bridgehead atoms. The summed E-state index contributed by atoms with van der Waals surface area (Å²) in [5.41, 5.74) is 1.37. The molecule has 0 aliphatic rings. The molecule has 0 aromatic heterocycles. The number of rotatable bonds is 2. The minimum absolute atomic E-state index is 0.269. The molecule has 0 fully saturated rings. The lowest BCUT2D eigenvalue weighted by Gasteiger charge is -2.13. The maximum atomic E-state index is 13.8. The van der Waals surface area contributed by atoms with Crippen LogP contribution in [-0.2, 0) is 0 Å². The summed E-state index contributed by atoms with van der Waals surface area (Å²) >= 11 is 13.0. The molecule has 0 nitrogen and oxygen atoms in total. The monoisotopic (exact) mass is 408 g/mol. The first-order valence-electron chi connectivity index (χ1n) is 5.44. The van der Waals surface area contributed by atoms with E-state index < -0.39 is 17.0 Å². The Balaban J connectivity index is 2.49. The molecule has 19 heavy (non-hydrogen) atoms. The summed E-state index contributed by atoms with van der Waals surface area (Å²) in [6, 6.07) is 7.78. The van der Waals surface area contributed by atoms with Crippen LogP contribution < -0.4 is 0 Å². The predicted octanol–water partition coefficient (Wildman–Crippen LogP) is 6.13. The van der Waals surface area contributed by atoms with Crippen LogP contribution in [0.4, 0.5) is 8.78 Å². The van der Waals surface area contributed by atoms with Crippen LogP contribution in [0.1, 0.15) is 22.1 Å². The molecule has 100 valence electrons. The van der Waals surface area contributed by atoms with Crippen LogP contribution in [0.5, 0.6) is 0 Å². The van der Waals surface area contributed by atoms with Gasteiger partial charge in [-0.2, -0.15) is 0 Å². The third-order valence-corrected chi connectivity index (χ3v) is 4.13. The molecule has 2 aromatic carbocycles. The van der Waals surface area contributed by atoms with Crippen molar-refractivity contribution in [2.75, 3.05) is 0 Å². The first-order valence-corrected chi connectivity index (χ1v) is 7.46. The van der Waals surface area contributed by atoms with E-state index in [-0.39, 0.29) is 5.56 Å². The molecule has 0 saturated carbocycles. The lowest BCUT2D eigenvalue weighted by atomic mass is 10.0. The van der Waals surface area contributed by atoms with Gasteiger partial charge in [-0.3, -0.25) is 0 Å². The molecule has 5 heteroatoms. The van der Waals surface area contributed by atoms with E-state index in [1.807, 2.05) is 6.07 Å². The second-order valence-electron chi connectivity index (χ2n) is 4.19. The van der Waals surface area contributed by atoms with Crippen molar-refractivity contribution in [2.24, 2.45) is 0 Å². The van der Waals surface area contributed by atoms with Gasteiger partial charge >= 0.3 is 0 Å². The van der Waals surface area contributed by atoms with Gasteiger partial charge in [0.25, 0.3) is 0 Å². The molecule has 0 amide bonds. The summed E-state index contributed by atoms with van der Waals surface area (Å²) in [6.45, 7) is 1.58. The molecule has 0 saturated heterocycles. The van der Waals surface area contributed by atoms with Gasteiger partial charge in [-0.1, -0.05) is 31.9 Å². The largest absolute Gasteiger partial charge is 0.207 e. The average molecular weight is 410 g/mol. The first kappa shape index (κ1) is 14.9. The summed E-state index contributed by atoms with van der Waals surface area (Å²) in [7, 11) is 0.